The van der Waals surface area contributed by atoms with E-state index < -0.39 is 12.1 Å². The maximum atomic E-state index is 12.0. The molecule has 1 unspecified atom stereocenters. The zero-order chi connectivity index (χ0) is 20.8. The van der Waals surface area contributed by atoms with Crippen LogP contribution in [0.2, 0.25) is 0 Å². The zero-order valence-electron chi connectivity index (χ0n) is 15.5. The number of amides is 1. The number of carbonyl (C=O) groups is 2. The van der Waals surface area contributed by atoms with E-state index in [2.05, 4.69) is 14.9 Å². The molecular weight excluding hydrogens is 381 g/mol. The molecule has 1 N–H and O–H groups in total. The first-order valence-electron chi connectivity index (χ1n) is 8.76. The Bertz CT molecular complexity index is 674. The van der Waals surface area contributed by atoms with E-state index >= 15 is 0 Å². The third kappa shape index (κ3) is 5.78. The molecule has 156 valence electrons. The molecule has 11 heteroatoms. The number of carboxylic acid groups (broad SMARTS) is 1. The smallest absolute Gasteiger partial charge is 0.475 e. The molecule has 1 spiro atoms. The van der Waals surface area contributed by atoms with Gasteiger partial charge in [0.15, 0.2) is 0 Å². The fourth-order valence-corrected chi connectivity index (χ4v) is 3.53. The molecule has 1 aromatic heterocycles. The summed E-state index contributed by atoms with van der Waals surface area (Å²) in [4.78, 5) is 33.8. The van der Waals surface area contributed by atoms with Gasteiger partial charge in [-0.2, -0.15) is 13.2 Å². The summed E-state index contributed by atoms with van der Waals surface area (Å²) < 4.78 is 36.7. The number of aliphatic carboxylic acids is 1. The Hall–Kier alpha value is -2.43. The van der Waals surface area contributed by atoms with E-state index in [1.54, 1.807) is 19.5 Å². The van der Waals surface area contributed by atoms with E-state index in [1.165, 1.54) is 6.42 Å². The van der Waals surface area contributed by atoms with Crippen molar-refractivity contribution < 1.29 is 32.6 Å². The first-order chi connectivity index (χ1) is 13.2. The van der Waals surface area contributed by atoms with Crippen LogP contribution in [-0.4, -0.2) is 77.9 Å². The molecule has 1 atom stereocenters. The summed E-state index contributed by atoms with van der Waals surface area (Å²) in [6.45, 7) is 3.79. The van der Waals surface area contributed by atoms with Crippen LogP contribution in [0.15, 0.2) is 18.5 Å². The second-order valence-corrected chi connectivity index (χ2v) is 6.88. The normalized spacial score (nSPS) is 22.0. The molecule has 0 radical (unpaired) electrons. The Labute approximate surface area is 160 Å². The number of hydrogen-bond donors (Lipinski definition) is 1. The molecule has 28 heavy (non-hydrogen) atoms. The van der Waals surface area contributed by atoms with Crippen molar-refractivity contribution in [2.45, 2.75) is 25.4 Å². The highest BCUT2D eigenvalue weighted by atomic mass is 19.4. The lowest BCUT2D eigenvalue weighted by Crippen LogP contribution is -2.46. The molecule has 3 rings (SSSR count). The number of aromatic nitrogens is 2. The molecule has 0 aromatic carbocycles. The number of alkyl halides is 3. The molecule has 3 heterocycles. The van der Waals surface area contributed by atoms with Crippen molar-refractivity contribution in [2.75, 3.05) is 44.8 Å². The summed E-state index contributed by atoms with van der Waals surface area (Å²) in [5.74, 6) is -1.85. The Balaban J connectivity index is 0.000000345. The number of rotatable bonds is 3. The van der Waals surface area contributed by atoms with Gasteiger partial charge in [0, 0.05) is 51.1 Å². The molecule has 2 aliphatic rings. The van der Waals surface area contributed by atoms with Gasteiger partial charge in [-0.15, -0.1) is 0 Å². The molecule has 2 saturated heterocycles. The largest absolute Gasteiger partial charge is 0.490 e. The fourth-order valence-electron chi connectivity index (χ4n) is 3.53. The summed E-state index contributed by atoms with van der Waals surface area (Å²) in [6, 6.07) is 1.84. The monoisotopic (exact) mass is 404 g/mol. The second kappa shape index (κ2) is 9.18. The molecule has 2 aliphatic heterocycles. The Kier molecular flexibility index (Phi) is 7.17. The van der Waals surface area contributed by atoms with Crippen molar-refractivity contribution in [2.24, 2.45) is 5.41 Å². The number of piperidine rings is 1. The summed E-state index contributed by atoms with van der Waals surface area (Å²) in [6.07, 6.45) is 1.85. The van der Waals surface area contributed by atoms with Crippen LogP contribution in [0, 0.1) is 5.41 Å². The third-order valence-corrected chi connectivity index (χ3v) is 4.80. The van der Waals surface area contributed by atoms with Gasteiger partial charge in [0.2, 0.25) is 11.9 Å². The van der Waals surface area contributed by atoms with Gasteiger partial charge in [0.1, 0.15) is 6.61 Å². The van der Waals surface area contributed by atoms with Crippen molar-refractivity contribution in [1.82, 2.24) is 14.9 Å². The van der Waals surface area contributed by atoms with Crippen molar-refractivity contribution in [3.05, 3.63) is 18.5 Å². The predicted molar refractivity (Wildman–Crippen MR) is 92.7 cm³/mol. The number of carboxylic acids is 1. The number of methoxy groups -OCH3 is 1. The number of nitrogens with zero attached hydrogens (tertiary/aromatic N) is 4. The van der Waals surface area contributed by atoms with Gasteiger partial charge < -0.3 is 19.6 Å². The number of carbonyl (C=O) groups excluding carboxylic acids is 1. The van der Waals surface area contributed by atoms with Crippen LogP contribution in [0.5, 0.6) is 0 Å². The SMILES string of the molecule is COCC(=O)N1CCC2(CCCN(c3ncccn3)C2)C1.O=C(O)C(F)(F)F. The van der Waals surface area contributed by atoms with Gasteiger partial charge in [-0.1, -0.05) is 0 Å². The minimum absolute atomic E-state index is 0.0995. The molecule has 8 nitrogen and oxygen atoms in total. The second-order valence-electron chi connectivity index (χ2n) is 6.88. The summed E-state index contributed by atoms with van der Waals surface area (Å²) in [5.41, 5.74) is 0.195. The van der Waals surface area contributed by atoms with E-state index in [9.17, 15) is 18.0 Å². The maximum Gasteiger partial charge on any atom is 0.490 e. The van der Waals surface area contributed by atoms with Crippen LogP contribution in [-0.2, 0) is 14.3 Å². The summed E-state index contributed by atoms with van der Waals surface area (Å²) >= 11 is 0. The molecule has 1 aromatic rings. The third-order valence-electron chi connectivity index (χ3n) is 4.80. The molecule has 0 bridgehead atoms. The number of hydrogen-bond acceptors (Lipinski definition) is 6. The van der Waals surface area contributed by atoms with E-state index in [0.717, 1.165) is 45.0 Å². The highest BCUT2D eigenvalue weighted by Gasteiger charge is 2.43. The lowest BCUT2D eigenvalue weighted by atomic mass is 9.79. The van der Waals surface area contributed by atoms with Gasteiger partial charge in [-0.05, 0) is 25.3 Å². The molecule has 0 saturated carbocycles. The first kappa shape index (κ1) is 21.9. The molecule has 0 aliphatic carbocycles. The summed E-state index contributed by atoms with van der Waals surface area (Å²) in [5, 5.41) is 7.12. The predicted octanol–water partition coefficient (Wildman–Crippen LogP) is 1.58. The van der Waals surface area contributed by atoms with Crippen LogP contribution in [0.1, 0.15) is 19.3 Å². The minimum Gasteiger partial charge on any atom is -0.475 e. The molecule has 1 amide bonds. The maximum absolute atomic E-state index is 12.0. The lowest BCUT2D eigenvalue weighted by molar-refractivity contribution is -0.192. The van der Waals surface area contributed by atoms with Crippen molar-refractivity contribution >= 4 is 17.8 Å². The van der Waals surface area contributed by atoms with E-state index in [1.807, 2.05) is 11.0 Å². The number of anilines is 1. The van der Waals surface area contributed by atoms with Gasteiger partial charge in [0.25, 0.3) is 0 Å². The Morgan fingerprint density at radius 3 is 2.43 bits per heavy atom. The topological polar surface area (TPSA) is 95.9 Å². The van der Waals surface area contributed by atoms with Crippen LogP contribution in [0.3, 0.4) is 0 Å². The van der Waals surface area contributed by atoms with Crippen LogP contribution >= 0.6 is 0 Å². The first-order valence-corrected chi connectivity index (χ1v) is 8.76. The van der Waals surface area contributed by atoms with E-state index in [-0.39, 0.29) is 17.9 Å². The van der Waals surface area contributed by atoms with Crippen molar-refractivity contribution in [3.8, 4) is 0 Å². The Morgan fingerprint density at radius 1 is 1.21 bits per heavy atom. The van der Waals surface area contributed by atoms with Crippen LogP contribution in [0.4, 0.5) is 19.1 Å². The van der Waals surface area contributed by atoms with E-state index in [0.29, 0.717) is 0 Å². The van der Waals surface area contributed by atoms with E-state index in [4.69, 9.17) is 14.6 Å². The van der Waals surface area contributed by atoms with Gasteiger partial charge in [0.05, 0.1) is 0 Å². The number of likely N-dealkylation sites (tertiary alicyclic amines) is 1. The average molecular weight is 404 g/mol. The number of ether oxygens (including phenoxy) is 1. The number of halogens is 3. The standard InChI is InChI=1S/C15H22N4O2.C2HF3O2/c1-21-10-13(20)18-9-5-15(11-18)4-2-8-19(12-15)14-16-6-3-7-17-14;3-2(4,5)1(6)7/h3,6-7H,2,4-5,8-12H2,1H3;(H,6,7). The van der Waals surface area contributed by atoms with Gasteiger partial charge in [-0.25, -0.2) is 14.8 Å². The highest BCUT2D eigenvalue weighted by Crippen LogP contribution is 2.39. The van der Waals surface area contributed by atoms with Gasteiger partial charge in [-0.3, -0.25) is 4.79 Å². The van der Waals surface area contributed by atoms with Crippen molar-refractivity contribution in [3.63, 3.8) is 0 Å². The average Bonchev–Trinajstić information content (AvgIpc) is 3.06. The quantitative estimate of drug-likeness (QED) is 0.817. The zero-order valence-corrected chi connectivity index (χ0v) is 15.5. The fraction of sp³-hybridized carbons (Fsp3) is 0.647. The van der Waals surface area contributed by atoms with Crippen LogP contribution in [0.25, 0.3) is 0 Å². The van der Waals surface area contributed by atoms with Gasteiger partial charge >= 0.3 is 12.1 Å². The highest BCUT2D eigenvalue weighted by molar-refractivity contribution is 5.77. The lowest BCUT2D eigenvalue weighted by Gasteiger charge is -2.40. The Morgan fingerprint density at radius 2 is 1.86 bits per heavy atom. The minimum atomic E-state index is -5.08. The van der Waals surface area contributed by atoms with Crippen LogP contribution < -0.4 is 4.90 Å². The molecule has 2 fully saturated rings. The molecular formula is C17H23F3N4O4. The van der Waals surface area contributed by atoms with Crippen molar-refractivity contribution in [1.29, 1.82) is 0 Å². The summed E-state index contributed by atoms with van der Waals surface area (Å²) in [7, 11) is 1.57.